The van der Waals surface area contributed by atoms with Gasteiger partial charge in [-0.25, -0.2) is 4.39 Å². The van der Waals surface area contributed by atoms with Crippen LogP contribution in [0.4, 0.5) is 25.8 Å². The number of carbonyl (C=O) groups excluding carboxylic acids is 1. The van der Waals surface area contributed by atoms with Crippen molar-refractivity contribution in [3.8, 4) is 0 Å². The van der Waals surface area contributed by atoms with E-state index >= 15 is 0 Å². The van der Waals surface area contributed by atoms with Crippen molar-refractivity contribution in [3.63, 3.8) is 0 Å². The summed E-state index contributed by atoms with van der Waals surface area (Å²) >= 11 is 0. The predicted molar refractivity (Wildman–Crippen MR) is 74.1 cm³/mol. The van der Waals surface area contributed by atoms with Crippen molar-refractivity contribution in [1.29, 1.82) is 0 Å². The maximum Gasteiger partial charge on any atom is 0.304 e. The third kappa shape index (κ3) is 3.43. The van der Waals surface area contributed by atoms with E-state index in [0.29, 0.717) is 12.1 Å². The Labute approximate surface area is 126 Å². The van der Waals surface area contributed by atoms with Crippen molar-refractivity contribution >= 4 is 23.0 Å². The monoisotopic (exact) mass is 323 g/mol. The highest BCUT2D eigenvalue weighted by Crippen LogP contribution is 2.22. The summed E-state index contributed by atoms with van der Waals surface area (Å²) in [6.45, 7) is 0. The van der Waals surface area contributed by atoms with Crippen LogP contribution in [0.5, 0.6) is 0 Å². The Morgan fingerprint density at radius 2 is 1.65 bits per heavy atom. The first kappa shape index (κ1) is 15.9. The molecule has 2 rings (SSSR count). The molecule has 0 radical (unpaired) electrons. The van der Waals surface area contributed by atoms with Crippen LogP contribution < -0.4 is 5.32 Å². The van der Waals surface area contributed by atoms with Crippen molar-refractivity contribution in [2.45, 2.75) is 0 Å². The van der Waals surface area contributed by atoms with E-state index < -0.39 is 44.3 Å². The van der Waals surface area contributed by atoms with Gasteiger partial charge in [0.15, 0.2) is 0 Å². The number of rotatable bonds is 4. The summed E-state index contributed by atoms with van der Waals surface area (Å²) < 4.78 is 27.1. The summed E-state index contributed by atoms with van der Waals surface area (Å²) in [6.07, 6.45) is 0. The van der Waals surface area contributed by atoms with Gasteiger partial charge in [0, 0.05) is 23.9 Å². The van der Waals surface area contributed by atoms with Crippen molar-refractivity contribution in [2.75, 3.05) is 5.32 Å². The summed E-state index contributed by atoms with van der Waals surface area (Å²) in [5.74, 6) is -3.28. The van der Waals surface area contributed by atoms with E-state index in [1.165, 1.54) is 0 Å². The zero-order valence-corrected chi connectivity index (χ0v) is 11.2. The summed E-state index contributed by atoms with van der Waals surface area (Å²) in [5.41, 5.74) is -1.92. The minimum atomic E-state index is -1.17. The Balaban J connectivity index is 2.24. The van der Waals surface area contributed by atoms with Crippen molar-refractivity contribution in [1.82, 2.24) is 0 Å². The number of hydrogen-bond acceptors (Lipinski definition) is 5. The second kappa shape index (κ2) is 6.13. The summed E-state index contributed by atoms with van der Waals surface area (Å²) in [7, 11) is 0. The van der Waals surface area contributed by atoms with Gasteiger partial charge in [-0.2, -0.15) is 4.39 Å². The molecule has 2 aromatic carbocycles. The lowest BCUT2D eigenvalue weighted by atomic mass is 10.1. The van der Waals surface area contributed by atoms with Gasteiger partial charge < -0.3 is 5.32 Å². The number of non-ortho nitro benzene ring substituents is 1. The van der Waals surface area contributed by atoms with Crippen LogP contribution in [-0.2, 0) is 0 Å². The lowest BCUT2D eigenvalue weighted by Gasteiger charge is -2.06. The molecule has 2 aromatic rings. The first-order chi connectivity index (χ1) is 10.8. The summed E-state index contributed by atoms with van der Waals surface area (Å²) in [4.78, 5) is 31.1. The van der Waals surface area contributed by atoms with Crippen LogP contribution >= 0.6 is 0 Å². The molecule has 0 aromatic heterocycles. The molecule has 0 spiro atoms. The molecule has 0 aliphatic rings. The van der Waals surface area contributed by atoms with Gasteiger partial charge in [-0.05, 0) is 12.1 Å². The third-order valence-corrected chi connectivity index (χ3v) is 2.81. The van der Waals surface area contributed by atoms with E-state index in [-0.39, 0.29) is 5.69 Å². The van der Waals surface area contributed by atoms with Crippen molar-refractivity contribution < 1.29 is 23.4 Å². The average molecular weight is 323 g/mol. The van der Waals surface area contributed by atoms with Crippen LogP contribution in [0, 0.1) is 31.9 Å². The molecule has 8 nitrogen and oxygen atoms in total. The molecule has 0 atom stereocenters. The van der Waals surface area contributed by atoms with Crippen LogP contribution in [-0.4, -0.2) is 15.8 Å². The summed E-state index contributed by atoms with van der Waals surface area (Å²) in [5, 5.41) is 23.1. The number of benzene rings is 2. The van der Waals surface area contributed by atoms with Crippen molar-refractivity contribution in [3.05, 3.63) is 73.8 Å². The van der Waals surface area contributed by atoms with Crippen LogP contribution in [0.1, 0.15) is 10.4 Å². The molecule has 0 saturated carbocycles. The molecule has 1 amide bonds. The first-order valence-electron chi connectivity index (χ1n) is 5.99. The van der Waals surface area contributed by atoms with E-state index in [1.807, 2.05) is 0 Å². The number of anilines is 1. The zero-order chi connectivity index (χ0) is 17.1. The second-order valence-electron chi connectivity index (χ2n) is 4.30. The van der Waals surface area contributed by atoms with Crippen LogP contribution in [0.25, 0.3) is 0 Å². The van der Waals surface area contributed by atoms with Gasteiger partial charge in [0.05, 0.1) is 21.5 Å². The molecule has 0 aliphatic heterocycles. The maximum atomic E-state index is 13.7. The molecular weight excluding hydrogens is 316 g/mol. The third-order valence-electron chi connectivity index (χ3n) is 2.81. The molecule has 0 heterocycles. The number of hydrogen-bond donors (Lipinski definition) is 1. The normalized spacial score (nSPS) is 10.2. The minimum Gasteiger partial charge on any atom is -0.322 e. The number of nitro groups is 2. The number of amides is 1. The van der Waals surface area contributed by atoms with E-state index in [9.17, 15) is 33.8 Å². The SMILES string of the molecule is O=C(Nc1ccc([N+](=O)[O-])c(F)c1)c1ccc([N+](=O)[O-])cc1F. The number of carbonyl (C=O) groups is 1. The quantitative estimate of drug-likeness (QED) is 0.686. The van der Waals surface area contributed by atoms with Crippen molar-refractivity contribution in [2.24, 2.45) is 0 Å². The van der Waals surface area contributed by atoms with E-state index in [1.54, 1.807) is 0 Å². The molecular formula is C13H7F2N3O5. The Morgan fingerprint density at radius 3 is 2.17 bits per heavy atom. The number of nitro benzene ring substituents is 2. The summed E-state index contributed by atoms with van der Waals surface area (Å²) in [6, 6.07) is 5.04. The highest BCUT2D eigenvalue weighted by atomic mass is 19.1. The molecule has 10 heteroatoms. The predicted octanol–water partition coefficient (Wildman–Crippen LogP) is 3.03. The Morgan fingerprint density at radius 1 is 0.957 bits per heavy atom. The van der Waals surface area contributed by atoms with E-state index in [0.717, 1.165) is 24.3 Å². The second-order valence-corrected chi connectivity index (χ2v) is 4.30. The molecule has 0 fully saturated rings. The molecule has 1 N–H and O–H groups in total. The molecule has 0 unspecified atom stereocenters. The van der Waals surface area contributed by atoms with Crippen LogP contribution in [0.15, 0.2) is 36.4 Å². The molecule has 23 heavy (non-hydrogen) atoms. The van der Waals surface area contributed by atoms with Crippen LogP contribution in [0.2, 0.25) is 0 Å². The topological polar surface area (TPSA) is 115 Å². The van der Waals surface area contributed by atoms with E-state index in [2.05, 4.69) is 5.32 Å². The number of nitrogens with zero attached hydrogens (tertiary/aromatic N) is 2. The Bertz CT molecular complexity index is 825. The van der Waals surface area contributed by atoms with Crippen LogP contribution in [0.3, 0.4) is 0 Å². The van der Waals surface area contributed by atoms with Gasteiger partial charge in [0.25, 0.3) is 11.6 Å². The highest BCUT2D eigenvalue weighted by molar-refractivity contribution is 6.04. The van der Waals surface area contributed by atoms with E-state index in [4.69, 9.17) is 0 Å². The largest absolute Gasteiger partial charge is 0.322 e. The Kier molecular flexibility index (Phi) is 4.25. The fraction of sp³-hybridized carbons (Fsp3) is 0. The van der Waals surface area contributed by atoms with Gasteiger partial charge >= 0.3 is 5.69 Å². The highest BCUT2D eigenvalue weighted by Gasteiger charge is 2.18. The molecule has 118 valence electrons. The molecule has 0 aliphatic carbocycles. The Hall–Kier alpha value is -3.43. The number of halogens is 2. The lowest BCUT2D eigenvalue weighted by molar-refractivity contribution is -0.387. The minimum absolute atomic E-state index is 0.129. The molecule has 0 saturated heterocycles. The fourth-order valence-electron chi connectivity index (χ4n) is 1.73. The zero-order valence-electron chi connectivity index (χ0n) is 11.2. The fourth-order valence-corrected chi connectivity index (χ4v) is 1.73. The average Bonchev–Trinajstić information content (AvgIpc) is 2.46. The van der Waals surface area contributed by atoms with Gasteiger partial charge in [0.2, 0.25) is 5.82 Å². The van der Waals surface area contributed by atoms with Gasteiger partial charge in [-0.15, -0.1) is 0 Å². The number of nitrogens with one attached hydrogen (secondary N) is 1. The molecule has 0 bridgehead atoms. The van der Waals surface area contributed by atoms with Gasteiger partial charge in [0.1, 0.15) is 5.82 Å². The van der Waals surface area contributed by atoms with Gasteiger partial charge in [-0.3, -0.25) is 25.0 Å². The van der Waals surface area contributed by atoms with Gasteiger partial charge in [-0.1, -0.05) is 0 Å². The standard InChI is InChI=1S/C13H7F2N3O5/c14-10-6-8(17(20)21)2-3-9(10)13(19)16-7-1-4-12(18(22)23)11(15)5-7/h1-6H,(H,16,19). The smallest absolute Gasteiger partial charge is 0.304 e. The maximum absolute atomic E-state index is 13.7. The lowest BCUT2D eigenvalue weighted by Crippen LogP contribution is -2.14. The first-order valence-corrected chi connectivity index (χ1v) is 5.99.